The quantitative estimate of drug-likeness (QED) is 0.665. The zero-order chi connectivity index (χ0) is 14.3. The molecule has 3 rings (SSSR count). The number of allylic oxidation sites excluding steroid dienone is 6. The van der Waals surface area contributed by atoms with Gasteiger partial charge < -0.3 is 0 Å². The number of aryl methyl sites for hydroxylation is 1. The Morgan fingerprint density at radius 1 is 0.714 bits per heavy atom. The minimum atomic E-state index is 1.11. The van der Waals surface area contributed by atoms with Gasteiger partial charge in [-0.2, -0.15) is 0 Å². The minimum absolute atomic E-state index is 1.11. The number of hydrogen-bond donors (Lipinski definition) is 0. The van der Waals surface area contributed by atoms with E-state index in [1.807, 2.05) is 0 Å². The second-order valence-electron chi connectivity index (χ2n) is 5.36. The van der Waals surface area contributed by atoms with Gasteiger partial charge in [-0.05, 0) is 41.5 Å². The molecule has 0 spiro atoms. The molecule has 0 amide bonds. The Labute approximate surface area is 127 Å². The topological polar surface area (TPSA) is 0 Å². The van der Waals surface area contributed by atoms with E-state index in [2.05, 4.69) is 85.0 Å². The van der Waals surface area contributed by atoms with Gasteiger partial charge in [0.2, 0.25) is 0 Å². The van der Waals surface area contributed by atoms with Crippen LogP contribution in [0.1, 0.15) is 24.0 Å². The first kappa shape index (κ1) is 13.6. The second-order valence-corrected chi connectivity index (χ2v) is 5.36. The third-order valence-electron chi connectivity index (χ3n) is 3.87. The van der Waals surface area contributed by atoms with Gasteiger partial charge in [0.05, 0.1) is 0 Å². The summed E-state index contributed by atoms with van der Waals surface area (Å²) in [6.45, 7) is 0. The first-order chi connectivity index (χ1) is 10.4. The molecule has 0 bridgehead atoms. The Morgan fingerprint density at radius 3 is 2.00 bits per heavy atom. The van der Waals surface area contributed by atoms with Gasteiger partial charge in [0.25, 0.3) is 0 Å². The van der Waals surface area contributed by atoms with Crippen molar-refractivity contribution in [3.63, 3.8) is 0 Å². The fourth-order valence-corrected chi connectivity index (χ4v) is 2.78. The van der Waals surface area contributed by atoms with Crippen molar-refractivity contribution in [2.45, 2.75) is 19.3 Å². The van der Waals surface area contributed by atoms with E-state index in [-0.39, 0.29) is 0 Å². The van der Waals surface area contributed by atoms with E-state index in [9.17, 15) is 0 Å². The molecule has 0 N–H and O–H groups in total. The molecule has 0 nitrogen and oxygen atoms in total. The first-order valence-electron chi connectivity index (χ1n) is 7.61. The summed E-state index contributed by atoms with van der Waals surface area (Å²) in [5.41, 5.74) is 5.58. The Bertz CT molecular complexity index is 644. The molecule has 104 valence electrons. The van der Waals surface area contributed by atoms with Crippen molar-refractivity contribution in [3.05, 3.63) is 102 Å². The zero-order valence-electron chi connectivity index (χ0n) is 12.2. The van der Waals surface area contributed by atoms with Crippen LogP contribution in [-0.2, 0) is 6.42 Å². The normalized spacial score (nSPS) is 12.9. The second kappa shape index (κ2) is 6.90. The van der Waals surface area contributed by atoms with E-state index in [1.54, 1.807) is 0 Å². The maximum atomic E-state index is 2.21. The fourth-order valence-electron chi connectivity index (χ4n) is 2.78. The molecule has 21 heavy (non-hydrogen) atoms. The average Bonchev–Trinajstić information content (AvgIpc) is 3.07. The van der Waals surface area contributed by atoms with Crippen LogP contribution in [0.25, 0.3) is 5.57 Å². The van der Waals surface area contributed by atoms with Crippen molar-refractivity contribution in [1.29, 1.82) is 0 Å². The summed E-state index contributed by atoms with van der Waals surface area (Å²) < 4.78 is 0. The van der Waals surface area contributed by atoms with Crippen molar-refractivity contribution in [1.82, 2.24) is 0 Å². The van der Waals surface area contributed by atoms with Crippen LogP contribution in [0.3, 0.4) is 0 Å². The molecule has 0 atom stereocenters. The highest BCUT2D eigenvalue weighted by Gasteiger charge is 2.07. The summed E-state index contributed by atoms with van der Waals surface area (Å²) in [6, 6.07) is 21.5. The molecule has 1 aliphatic rings. The molecule has 0 aromatic heterocycles. The Balaban J connectivity index is 1.74. The molecule has 0 aliphatic heterocycles. The summed E-state index contributed by atoms with van der Waals surface area (Å²) in [7, 11) is 0. The van der Waals surface area contributed by atoms with E-state index in [1.165, 1.54) is 28.7 Å². The van der Waals surface area contributed by atoms with Crippen LogP contribution in [-0.4, -0.2) is 0 Å². The Kier molecular flexibility index (Phi) is 4.48. The van der Waals surface area contributed by atoms with Crippen LogP contribution in [0, 0.1) is 0 Å². The minimum Gasteiger partial charge on any atom is -0.0622 e. The standard InChI is InChI=1S/C21H20/c1-3-10-18(11-4-1)12-9-17-21(20-15-7-8-16-20)19-13-5-2-6-14-19/h1-8,10-11,13-16H,9,12,17H2. The van der Waals surface area contributed by atoms with E-state index in [4.69, 9.17) is 0 Å². The number of hydrogen-bond acceptors (Lipinski definition) is 0. The van der Waals surface area contributed by atoms with E-state index in [0.717, 1.165) is 12.8 Å². The molecular formula is C21H20. The lowest BCUT2D eigenvalue weighted by Crippen LogP contribution is -1.91. The lowest BCUT2D eigenvalue weighted by Gasteiger charge is -2.11. The molecule has 0 saturated heterocycles. The highest BCUT2D eigenvalue weighted by molar-refractivity contribution is 5.74. The number of rotatable bonds is 5. The largest absolute Gasteiger partial charge is 0.0622 e. The van der Waals surface area contributed by atoms with Gasteiger partial charge in [0, 0.05) is 0 Å². The highest BCUT2D eigenvalue weighted by atomic mass is 14.1. The van der Waals surface area contributed by atoms with E-state index < -0.39 is 0 Å². The van der Waals surface area contributed by atoms with Crippen LogP contribution >= 0.6 is 0 Å². The first-order valence-corrected chi connectivity index (χ1v) is 7.61. The molecule has 2 aromatic rings. The van der Waals surface area contributed by atoms with Crippen LogP contribution < -0.4 is 0 Å². The molecule has 0 heteroatoms. The molecule has 0 radical (unpaired) electrons. The predicted octanol–water partition coefficient (Wildman–Crippen LogP) is 5.59. The molecule has 1 aliphatic carbocycles. The molecule has 0 heterocycles. The average molecular weight is 272 g/mol. The highest BCUT2D eigenvalue weighted by Crippen LogP contribution is 2.28. The lowest BCUT2D eigenvalue weighted by molar-refractivity contribution is 0.852. The van der Waals surface area contributed by atoms with E-state index in [0.29, 0.717) is 0 Å². The maximum absolute atomic E-state index is 2.21. The van der Waals surface area contributed by atoms with Crippen LogP contribution in [0.5, 0.6) is 0 Å². The van der Waals surface area contributed by atoms with Gasteiger partial charge in [-0.3, -0.25) is 0 Å². The third-order valence-corrected chi connectivity index (χ3v) is 3.87. The maximum Gasteiger partial charge on any atom is -0.0219 e. The fraction of sp³-hybridized carbons (Fsp3) is 0.143. The molecular weight excluding hydrogens is 252 g/mol. The van der Waals surface area contributed by atoms with E-state index >= 15 is 0 Å². The molecule has 2 aromatic carbocycles. The van der Waals surface area contributed by atoms with Gasteiger partial charge in [-0.25, -0.2) is 0 Å². The molecule has 0 fully saturated rings. The summed E-state index contributed by atoms with van der Waals surface area (Å²) in [6.07, 6.45) is 12.1. The summed E-state index contributed by atoms with van der Waals surface area (Å²) in [4.78, 5) is 0. The monoisotopic (exact) mass is 272 g/mol. The van der Waals surface area contributed by atoms with Crippen molar-refractivity contribution >= 4 is 5.57 Å². The van der Waals surface area contributed by atoms with Crippen molar-refractivity contribution in [2.24, 2.45) is 0 Å². The van der Waals surface area contributed by atoms with Crippen LogP contribution in [0.4, 0.5) is 0 Å². The Hall–Kier alpha value is -2.34. The van der Waals surface area contributed by atoms with Crippen molar-refractivity contribution < 1.29 is 0 Å². The lowest BCUT2D eigenvalue weighted by atomic mass is 9.94. The van der Waals surface area contributed by atoms with Gasteiger partial charge in [0.1, 0.15) is 0 Å². The smallest absolute Gasteiger partial charge is 0.0219 e. The third kappa shape index (κ3) is 3.61. The Morgan fingerprint density at radius 2 is 1.33 bits per heavy atom. The van der Waals surface area contributed by atoms with Crippen molar-refractivity contribution in [2.75, 3.05) is 0 Å². The number of benzene rings is 2. The predicted molar refractivity (Wildman–Crippen MR) is 91.0 cm³/mol. The van der Waals surface area contributed by atoms with Gasteiger partial charge in [0.15, 0.2) is 0 Å². The van der Waals surface area contributed by atoms with Crippen LogP contribution in [0.2, 0.25) is 0 Å². The van der Waals surface area contributed by atoms with Gasteiger partial charge >= 0.3 is 0 Å². The van der Waals surface area contributed by atoms with Crippen molar-refractivity contribution in [3.8, 4) is 0 Å². The van der Waals surface area contributed by atoms with Gasteiger partial charge in [-0.1, -0.05) is 85.0 Å². The van der Waals surface area contributed by atoms with Gasteiger partial charge in [-0.15, -0.1) is 0 Å². The SMILES string of the molecule is C1=CC(=C(CCCc2ccccc2)c2ccccc2)C=C1. The summed E-state index contributed by atoms with van der Waals surface area (Å²) in [5.74, 6) is 0. The summed E-state index contributed by atoms with van der Waals surface area (Å²) in [5, 5.41) is 0. The molecule has 0 saturated carbocycles. The summed E-state index contributed by atoms with van der Waals surface area (Å²) >= 11 is 0. The molecule has 0 unspecified atom stereocenters. The van der Waals surface area contributed by atoms with Crippen LogP contribution in [0.15, 0.2) is 90.5 Å². The zero-order valence-corrected chi connectivity index (χ0v) is 12.2.